The van der Waals surface area contributed by atoms with Crippen LogP contribution in [0.4, 0.5) is 0 Å². The van der Waals surface area contributed by atoms with Gasteiger partial charge in [-0.25, -0.2) is 18.7 Å². The quantitative estimate of drug-likeness (QED) is 0.198. The molecule has 246 valence electrons. The zero-order chi connectivity index (χ0) is 33.4. The van der Waals surface area contributed by atoms with Crippen molar-refractivity contribution in [3.8, 4) is 0 Å². The second kappa shape index (κ2) is 16.2. The van der Waals surface area contributed by atoms with Gasteiger partial charge in [-0.1, -0.05) is 80.0 Å². The number of rotatable bonds is 12. The van der Waals surface area contributed by atoms with E-state index >= 15 is 0 Å². The van der Waals surface area contributed by atoms with Crippen LogP contribution in [0.1, 0.15) is 26.7 Å². The molecule has 3 rings (SSSR count). The third kappa shape index (κ3) is 8.00. The Balaban J connectivity index is 1.75. The fraction of sp³-hybridized carbons (Fsp3) is 0.429. The first-order valence-corrected chi connectivity index (χ1v) is 18.7. The molecule has 0 aromatic carbocycles. The van der Waals surface area contributed by atoms with Crippen molar-refractivity contribution in [1.29, 1.82) is 0 Å². The van der Waals surface area contributed by atoms with Gasteiger partial charge in [-0.3, -0.25) is 9.13 Å². The van der Waals surface area contributed by atoms with E-state index in [0.717, 1.165) is 41.7 Å². The summed E-state index contributed by atoms with van der Waals surface area (Å²) in [6.45, 7) is 14.2. The lowest BCUT2D eigenvalue weighted by atomic mass is 9.85. The largest absolute Gasteiger partial charge is 0.310 e. The summed E-state index contributed by atoms with van der Waals surface area (Å²) in [5.41, 5.74) is 5.48. The Morgan fingerprint density at radius 3 is 1.87 bits per heavy atom. The molecule has 0 saturated heterocycles. The van der Waals surface area contributed by atoms with Crippen molar-refractivity contribution in [2.45, 2.75) is 26.7 Å². The lowest BCUT2D eigenvalue weighted by molar-refractivity contribution is 0.330. The predicted molar refractivity (Wildman–Crippen MR) is 194 cm³/mol. The topological polar surface area (TPSA) is 53.6 Å². The maximum atomic E-state index is 14.6. The number of hydrogen-bond donors (Lipinski definition) is 0. The van der Waals surface area contributed by atoms with Gasteiger partial charge >= 0.3 is 15.2 Å². The molecule has 0 saturated carbocycles. The molecule has 0 aromatic rings. The van der Waals surface area contributed by atoms with Gasteiger partial charge in [0.1, 0.15) is 0 Å². The first-order chi connectivity index (χ1) is 21.4. The molecule has 8 nitrogen and oxygen atoms in total. The molecule has 3 aliphatic rings. The Labute approximate surface area is 273 Å². The molecular formula is C35H54N6O2P2. The molecule has 0 radical (unpaired) electrons. The van der Waals surface area contributed by atoms with Crippen LogP contribution in [0.15, 0.2) is 120 Å². The van der Waals surface area contributed by atoms with E-state index < -0.39 is 15.2 Å². The summed E-state index contributed by atoms with van der Waals surface area (Å²) in [4.78, 5) is 0. The van der Waals surface area contributed by atoms with Crippen LogP contribution in [-0.4, -0.2) is 96.5 Å². The SMILES string of the molecule is C=C/C=C1/CN(C)P(=O)(N(C)CC/C=C\C=C2\CN(C)P(=O)(N(C)CC3CC=C3C=C)N(C)C=C2/C=C/C)N(C)C=C1/C=C/C. The summed E-state index contributed by atoms with van der Waals surface area (Å²) >= 11 is 0. The minimum atomic E-state index is -3.02. The molecule has 10 heteroatoms. The molecule has 0 amide bonds. The van der Waals surface area contributed by atoms with Crippen LogP contribution in [0, 0.1) is 5.92 Å². The Morgan fingerprint density at radius 2 is 1.40 bits per heavy atom. The smallest absolute Gasteiger partial charge is 0.308 e. The highest BCUT2D eigenvalue weighted by atomic mass is 31.2. The van der Waals surface area contributed by atoms with E-state index in [-0.39, 0.29) is 0 Å². The van der Waals surface area contributed by atoms with Crippen LogP contribution in [0.3, 0.4) is 0 Å². The molecule has 0 spiro atoms. The minimum Gasteiger partial charge on any atom is -0.308 e. The van der Waals surface area contributed by atoms with Crippen molar-refractivity contribution in [2.24, 2.45) is 5.92 Å². The summed E-state index contributed by atoms with van der Waals surface area (Å²) in [5.74, 6) is 0.364. The van der Waals surface area contributed by atoms with Gasteiger partial charge in [0.2, 0.25) is 0 Å². The average molecular weight is 653 g/mol. The number of hydrogen-bond acceptors (Lipinski definition) is 2. The first kappa shape index (κ1) is 36.8. The monoisotopic (exact) mass is 652 g/mol. The van der Waals surface area contributed by atoms with Gasteiger partial charge in [-0.05, 0) is 82.7 Å². The minimum absolute atomic E-state index is 0.364. The van der Waals surface area contributed by atoms with Crippen LogP contribution < -0.4 is 0 Å². The highest BCUT2D eigenvalue weighted by molar-refractivity contribution is 7.57. The molecule has 0 aromatic heterocycles. The molecule has 3 atom stereocenters. The Kier molecular flexibility index (Phi) is 13.3. The molecule has 1 aliphatic carbocycles. The van der Waals surface area contributed by atoms with Crippen molar-refractivity contribution in [3.63, 3.8) is 0 Å². The highest BCUT2D eigenvalue weighted by Crippen LogP contribution is 2.58. The summed E-state index contributed by atoms with van der Waals surface area (Å²) < 4.78 is 40.7. The summed E-state index contributed by atoms with van der Waals surface area (Å²) in [6, 6.07) is 0. The number of nitrogens with zero attached hydrogens (tertiary/aromatic N) is 6. The fourth-order valence-electron chi connectivity index (χ4n) is 6.11. The molecule has 2 aliphatic heterocycles. The zero-order valence-corrected chi connectivity index (χ0v) is 30.4. The third-order valence-corrected chi connectivity index (χ3v) is 14.8. The van der Waals surface area contributed by atoms with Crippen LogP contribution in [0.2, 0.25) is 0 Å². The zero-order valence-electron chi connectivity index (χ0n) is 28.6. The van der Waals surface area contributed by atoms with Gasteiger partial charge in [0, 0.05) is 58.6 Å². The summed E-state index contributed by atoms with van der Waals surface area (Å²) in [7, 11) is 5.53. The lowest BCUT2D eigenvalue weighted by Crippen LogP contribution is -2.37. The maximum absolute atomic E-state index is 14.6. The van der Waals surface area contributed by atoms with Gasteiger partial charge in [0.25, 0.3) is 0 Å². The second-order valence-corrected chi connectivity index (χ2v) is 17.9. The van der Waals surface area contributed by atoms with Gasteiger partial charge in [-0.2, -0.15) is 0 Å². The molecule has 2 heterocycles. The van der Waals surface area contributed by atoms with Gasteiger partial charge < -0.3 is 9.34 Å². The molecule has 0 fully saturated rings. The average Bonchev–Trinajstić information content (AvgIpc) is 3.14. The molecule has 0 bridgehead atoms. The summed E-state index contributed by atoms with van der Waals surface area (Å²) in [5, 5.41) is 0. The van der Waals surface area contributed by atoms with Crippen LogP contribution in [0.5, 0.6) is 0 Å². The van der Waals surface area contributed by atoms with Gasteiger partial charge in [-0.15, -0.1) is 0 Å². The normalized spacial score (nSPS) is 29.1. The molecule has 45 heavy (non-hydrogen) atoms. The Bertz CT molecular complexity index is 1450. The maximum Gasteiger partial charge on any atom is 0.310 e. The molecule has 3 unspecified atom stereocenters. The van der Waals surface area contributed by atoms with E-state index in [1.807, 2.05) is 127 Å². The van der Waals surface area contributed by atoms with Crippen molar-refractivity contribution >= 4 is 15.2 Å². The van der Waals surface area contributed by atoms with E-state index in [0.29, 0.717) is 25.6 Å². The van der Waals surface area contributed by atoms with E-state index in [1.54, 1.807) is 6.08 Å². The van der Waals surface area contributed by atoms with E-state index in [1.165, 1.54) is 5.57 Å². The van der Waals surface area contributed by atoms with Crippen molar-refractivity contribution in [2.75, 3.05) is 68.5 Å². The Hall–Kier alpha value is -2.70. The van der Waals surface area contributed by atoms with Crippen molar-refractivity contribution in [3.05, 3.63) is 120 Å². The second-order valence-electron chi connectivity index (χ2n) is 11.9. The van der Waals surface area contributed by atoms with Gasteiger partial charge in [0.05, 0.1) is 0 Å². The Morgan fingerprint density at radius 1 is 0.867 bits per heavy atom. The summed E-state index contributed by atoms with van der Waals surface area (Å²) in [6.07, 6.45) is 28.0. The van der Waals surface area contributed by atoms with Crippen LogP contribution in [0.25, 0.3) is 0 Å². The fourth-order valence-corrected chi connectivity index (χ4v) is 11.1. The lowest BCUT2D eigenvalue weighted by Gasteiger charge is -2.41. The molecule has 0 N–H and O–H groups in total. The van der Waals surface area contributed by atoms with Crippen LogP contribution >= 0.6 is 15.2 Å². The van der Waals surface area contributed by atoms with E-state index in [4.69, 9.17) is 0 Å². The highest BCUT2D eigenvalue weighted by Gasteiger charge is 2.41. The van der Waals surface area contributed by atoms with E-state index in [9.17, 15) is 9.13 Å². The first-order valence-electron chi connectivity index (χ1n) is 15.6. The number of allylic oxidation sites excluding steroid dienone is 10. The third-order valence-electron chi connectivity index (χ3n) is 8.69. The van der Waals surface area contributed by atoms with Gasteiger partial charge in [0.15, 0.2) is 0 Å². The van der Waals surface area contributed by atoms with Crippen molar-refractivity contribution < 1.29 is 9.13 Å². The van der Waals surface area contributed by atoms with E-state index in [2.05, 4.69) is 43.5 Å². The van der Waals surface area contributed by atoms with Crippen LogP contribution in [-0.2, 0) is 9.13 Å². The standard InChI is InChI=1S/C35H54N6O2P2/c1-11-18-31-25-37(6)44(42,38(7)26-32(31)19-12-2)36(5)24-17-15-16-21-34-28-40(9)45(43,39(8)27-33(34)20-13-3)41(10)29-35-23-22-30(35)14-4/h11-16,18-22,26-27,35H,1,4,17,23-25,28-29H2,2-3,5-10H3/b16-15-,19-12+,20-13+,31-18-,34-21-. The predicted octanol–water partition coefficient (Wildman–Crippen LogP) is 7.86. The van der Waals surface area contributed by atoms with Crippen molar-refractivity contribution in [1.82, 2.24) is 28.0 Å². The number of likely N-dealkylation sites (N-methyl/N-ethyl adjacent to an activating group) is 2. The molecular weight excluding hydrogens is 598 g/mol.